The number of rotatable bonds is 5. The van der Waals surface area contributed by atoms with Gasteiger partial charge in [-0.1, -0.05) is 36.4 Å². The van der Waals surface area contributed by atoms with Crippen LogP contribution >= 0.6 is 0 Å². The zero-order chi connectivity index (χ0) is 17.3. The number of hydrogen-bond acceptors (Lipinski definition) is 3. The predicted octanol–water partition coefficient (Wildman–Crippen LogP) is 3.71. The number of aromatic nitrogens is 1. The zero-order valence-electron chi connectivity index (χ0n) is 14.2. The molecule has 1 fully saturated rings. The minimum atomic E-state index is -0.125. The second-order valence-corrected chi connectivity index (χ2v) is 6.58. The molecule has 1 saturated carbocycles. The number of pyridine rings is 1. The molecule has 1 aliphatic carbocycles. The van der Waals surface area contributed by atoms with Gasteiger partial charge in [-0.2, -0.15) is 0 Å². The number of amides is 1. The van der Waals surface area contributed by atoms with E-state index < -0.39 is 0 Å². The molecule has 0 aliphatic heterocycles. The molecule has 0 radical (unpaired) electrons. The molecule has 4 nitrogen and oxygen atoms in total. The Bertz CT molecular complexity index is 918. The summed E-state index contributed by atoms with van der Waals surface area (Å²) in [6, 6.07) is 19.7. The first-order valence-corrected chi connectivity index (χ1v) is 8.49. The Balaban J connectivity index is 1.49. The molecule has 1 amide bonds. The molecule has 1 aromatic heterocycles. The summed E-state index contributed by atoms with van der Waals surface area (Å²) in [5, 5.41) is 4.02. The van der Waals surface area contributed by atoms with Crippen molar-refractivity contribution in [1.82, 2.24) is 10.3 Å². The van der Waals surface area contributed by atoms with Gasteiger partial charge in [-0.3, -0.25) is 4.79 Å². The number of carbonyl (C=O) groups excluding carboxylic acids is 1. The van der Waals surface area contributed by atoms with Crippen LogP contribution in [-0.2, 0) is 5.41 Å². The first-order chi connectivity index (χ1) is 12.2. The van der Waals surface area contributed by atoms with E-state index in [1.54, 1.807) is 13.2 Å². The Morgan fingerprint density at radius 3 is 2.64 bits per heavy atom. The molecule has 1 aliphatic rings. The molecule has 25 heavy (non-hydrogen) atoms. The molecule has 3 aromatic rings. The number of nitrogens with one attached hydrogen (secondary N) is 1. The Morgan fingerprint density at radius 1 is 1.12 bits per heavy atom. The summed E-state index contributed by atoms with van der Waals surface area (Å²) >= 11 is 0. The first-order valence-electron chi connectivity index (χ1n) is 8.49. The Labute approximate surface area is 146 Å². The fourth-order valence-corrected chi connectivity index (χ4v) is 3.21. The average molecular weight is 332 g/mol. The molecule has 0 spiro atoms. The number of methoxy groups -OCH3 is 1. The third kappa shape index (κ3) is 3.07. The van der Waals surface area contributed by atoms with Crippen LogP contribution in [0.15, 0.2) is 60.7 Å². The van der Waals surface area contributed by atoms with Crippen molar-refractivity contribution in [3.63, 3.8) is 0 Å². The highest BCUT2D eigenvalue weighted by Gasteiger charge is 2.44. The SMILES string of the molecule is COc1ccc2nc(C(=O)NCC3(c4ccccc4)CC3)ccc2c1. The van der Waals surface area contributed by atoms with Crippen LogP contribution in [0.4, 0.5) is 0 Å². The van der Waals surface area contributed by atoms with Gasteiger partial charge in [0.25, 0.3) is 5.91 Å². The van der Waals surface area contributed by atoms with E-state index in [0.29, 0.717) is 12.2 Å². The number of nitrogens with zero attached hydrogens (tertiary/aromatic N) is 1. The van der Waals surface area contributed by atoms with Crippen molar-refractivity contribution < 1.29 is 9.53 Å². The number of hydrogen-bond donors (Lipinski definition) is 1. The van der Waals surface area contributed by atoms with E-state index in [1.165, 1.54) is 5.56 Å². The van der Waals surface area contributed by atoms with Crippen LogP contribution in [0.1, 0.15) is 28.9 Å². The standard InChI is InChI=1S/C21H20N2O2/c1-25-17-8-10-18-15(13-17)7-9-19(23-18)20(24)22-14-21(11-12-21)16-5-3-2-4-6-16/h2-10,13H,11-12,14H2,1H3,(H,22,24). The lowest BCUT2D eigenvalue weighted by Crippen LogP contribution is -2.32. The number of fused-ring (bicyclic) bond motifs is 1. The van der Waals surface area contributed by atoms with E-state index in [4.69, 9.17) is 4.74 Å². The minimum absolute atomic E-state index is 0.0983. The van der Waals surface area contributed by atoms with Gasteiger partial charge in [-0.15, -0.1) is 0 Å². The fourth-order valence-electron chi connectivity index (χ4n) is 3.21. The van der Waals surface area contributed by atoms with Gasteiger partial charge in [-0.25, -0.2) is 4.98 Å². The lowest BCUT2D eigenvalue weighted by Gasteiger charge is -2.16. The summed E-state index contributed by atoms with van der Waals surface area (Å²) in [4.78, 5) is 17.0. The van der Waals surface area contributed by atoms with Gasteiger partial charge in [0.05, 0.1) is 12.6 Å². The molecule has 2 aromatic carbocycles. The molecule has 0 saturated heterocycles. The van der Waals surface area contributed by atoms with E-state index in [9.17, 15) is 4.79 Å². The van der Waals surface area contributed by atoms with Crippen LogP contribution in [0.25, 0.3) is 10.9 Å². The smallest absolute Gasteiger partial charge is 0.269 e. The molecular formula is C21H20N2O2. The van der Waals surface area contributed by atoms with E-state index >= 15 is 0 Å². The van der Waals surface area contributed by atoms with Crippen molar-refractivity contribution in [1.29, 1.82) is 0 Å². The first kappa shape index (κ1) is 15.6. The van der Waals surface area contributed by atoms with E-state index in [2.05, 4.69) is 34.6 Å². The maximum atomic E-state index is 12.5. The van der Waals surface area contributed by atoms with Gasteiger partial charge in [0.1, 0.15) is 11.4 Å². The second-order valence-electron chi connectivity index (χ2n) is 6.58. The normalized spacial score (nSPS) is 14.9. The largest absolute Gasteiger partial charge is 0.497 e. The third-order valence-electron chi connectivity index (χ3n) is 4.96. The van der Waals surface area contributed by atoms with Crippen LogP contribution < -0.4 is 10.1 Å². The molecule has 1 heterocycles. The van der Waals surface area contributed by atoms with Gasteiger partial charge in [-0.05, 0) is 42.7 Å². The summed E-state index contributed by atoms with van der Waals surface area (Å²) in [7, 11) is 1.64. The highest BCUT2D eigenvalue weighted by atomic mass is 16.5. The number of benzene rings is 2. The van der Waals surface area contributed by atoms with E-state index in [1.807, 2.05) is 30.3 Å². The summed E-state index contributed by atoms with van der Waals surface area (Å²) in [5.41, 5.74) is 2.63. The van der Waals surface area contributed by atoms with Crippen molar-refractivity contribution in [3.8, 4) is 5.75 Å². The van der Waals surface area contributed by atoms with Gasteiger partial charge in [0.2, 0.25) is 0 Å². The highest BCUT2D eigenvalue weighted by Crippen LogP contribution is 2.47. The lowest BCUT2D eigenvalue weighted by atomic mass is 9.96. The van der Waals surface area contributed by atoms with Gasteiger partial charge < -0.3 is 10.1 Å². The zero-order valence-corrected chi connectivity index (χ0v) is 14.2. The fraction of sp³-hybridized carbons (Fsp3) is 0.238. The molecule has 1 N–H and O–H groups in total. The van der Waals surface area contributed by atoms with Crippen LogP contribution in [0.3, 0.4) is 0 Å². The number of ether oxygens (including phenoxy) is 1. The van der Waals surface area contributed by atoms with Crippen molar-refractivity contribution >= 4 is 16.8 Å². The second kappa shape index (κ2) is 6.20. The van der Waals surface area contributed by atoms with Gasteiger partial charge >= 0.3 is 0 Å². The van der Waals surface area contributed by atoms with Gasteiger partial charge in [0.15, 0.2) is 0 Å². The van der Waals surface area contributed by atoms with E-state index in [-0.39, 0.29) is 11.3 Å². The maximum absolute atomic E-state index is 12.5. The molecule has 0 bridgehead atoms. The summed E-state index contributed by atoms with van der Waals surface area (Å²) in [6.45, 7) is 0.651. The maximum Gasteiger partial charge on any atom is 0.269 e. The van der Waals surface area contributed by atoms with Crippen molar-refractivity contribution in [2.45, 2.75) is 18.3 Å². The lowest BCUT2D eigenvalue weighted by molar-refractivity contribution is 0.0945. The molecular weight excluding hydrogens is 312 g/mol. The topological polar surface area (TPSA) is 51.2 Å². The van der Waals surface area contributed by atoms with Crippen LogP contribution in [0, 0.1) is 0 Å². The van der Waals surface area contributed by atoms with Crippen molar-refractivity contribution in [3.05, 3.63) is 71.9 Å². The summed E-state index contributed by atoms with van der Waals surface area (Å²) in [6.07, 6.45) is 2.23. The average Bonchev–Trinajstić information content (AvgIpc) is 3.47. The minimum Gasteiger partial charge on any atom is -0.497 e. The van der Waals surface area contributed by atoms with Crippen LogP contribution in [0.5, 0.6) is 5.75 Å². The Morgan fingerprint density at radius 2 is 1.92 bits per heavy atom. The van der Waals surface area contributed by atoms with Crippen LogP contribution in [0.2, 0.25) is 0 Å². The predicted molar refractivity (Wildman–Crippen MR) is 98.0 cm³/mol. The van der Waals surface area contributed by atoms with E-state index in [0.717, 1.165) is 29.5 Å². The summed E-state index contributed by atoms with van der Waals surface area (Å²) < 4.78 is 5.22. The Hall–Kier alpha value is -2.88. The van der Waals surface area contributed by atoms with Crippen molar-refractivity contribution in [2.75, 3.05) is 13.7 Å². The van der Waals surface area contributed by atoms with Crippen LogP contribution in [-0.4, -0.2) is 24.5 Å². The van der Waals surface area contributed by atoms with Gasteiger partial charge in [0, 0.05) is 17.3 Å². The molecule has 0 unspecified atom stereocenters. The molecule has 126 valence electrons. The molecule has 4 heteroatoms. The molecule has 0 atom stereocenters. The highest BCUT2D eigenvalue weighted by molar-refractivity contribution is 5.95. The van der Waals surface area contributed by atoms with Crippen molar-refractivity contribution in [2.24, 2.45) is 0 Å². The number of carbonyl (C=O) groups is 1. The third-order valence-corrected chi connectivity index (χ3v) is 4.96. The monoisotopic (exact) mass is 332 g/mol. The Kier molecular flexibility index (Phi) is 3.88. The summed E-state index contributed by atoms with van der Waals surface area (Å²) in [5.74, 6) is 0.657. The molecule has 4 rings (SSSR count). The quantitative estimate of drug-likeness (QED) is 0.775.